The predicted octanol–water partition coefficient (Wildman–Crippen LogP) is 1.81. The van der Waals surface area contributed by atoms with Crippen LogP contribution in [0.15, 0.2) is 53.4 Å². The van der Waals surface area contributed by atoms with Crippen molar-refractivity contribution in [1.29, 1.82) is 5.26 Å². The van der Waals surface area contributed by atoms with Gasteiger partial charge in [-0.05, 0) is 55.3 Å². The number of rotatable bonds is 4. The van der Waals surface area contributed by atoms with Crippen molar-refractivity contribution in [2.24, 2.45) is 0 Å². The van der Waals surface area contributed by atoms with Gasteiger partial charge in [0.25, 0.3) is 11.8 Å². The first-order chi connectivity index (χ1) is 13.9. The van der Waals surface area contributed by atoms with E-state index in [1.165, 1.54) is 52.8 Å². The van der Waals surface area contributed by atoms with Gasteiger partial charge in [-0.3, -0.25) is 20.4 Å². The highest BCUT2D eigenvalue weighted by molar-refractivity contribution is 7.89. The number of carbonyl (C=O) groups is 2. The highest BCUT2D eigenvalue weighted by atomic mass is 32.2. The standard InChI is InChI=1S/C20H20N4O4S/c21-14-15-7-9-16(10-8-15)19(25)22-23-20(26)17-5-4-6-18(13-17)29(27,28)24-11-2-1-3-12-24/h4-10,13H,1-3,11-12H2,(H,22,25)(H,23,26). The number of amides is 2. The van der Waals surface area contributed by atoms with Crippen LogP contribution < -0.4 is 10.9 Å². The zero-order chi connectivity index (χ0) is 20.9. The maximum absolute atomic E-state index is 12.8. The summed E-state index contributed by atoms with van der Waals surface area (Å²) in [5, 5.41) is 8.78. The minimum Gasteiger partial charge on any atom is -0.267 e. The third-order valence-electron chi connectivity index (χ3n) is 4.61. The topological polar surface area (TPSA) is 119 Å². The molecule has 1 fully saturated rings. The second-order valence-corrected chi connectivity index (χ2v) is 8.53. The predicted molar refractivity (Wildman–Crippen MR) is 105 cm³/mol. The number of nitrogens with one attached hydrogen (secondary N) is 2. The molecular weight excluding hydrogens is 392 g/mol. The van der Waals surface area contributed by atoms with Crippen LogP contribution in [0.4, 0.5) is 0 Å². The van der Waals surface area contributed by atoms with E-state index in [1.54, 1.807) is 0 Å². The van der Waals surface area contributed by atoms with Gasteiger partial charge in [-0.1, -0.05) is 12.5 Å². The molecule has 2 aromatic rings. The van der Waals surface area contributed by atoms with Crippen LogP contribution in [0.1, 0.15) is 45.5 Å². The van der Waals surface area contributed by atoms with Crippen LogP contribution in [-0.4, -0.2) is 37.6 Å². The van der Waals surface area contributed by atoms with E-state index in [4.69, 9.17) is 5.26 Å². The Kier molecular flexibility index (Phi) is 6.26. The van der Waals surface area contributed by atoms with Crippen molar-refractivity contribution in [2.45, 2.75) is 24.2 Å². The number of hydrazine groups is 1. The van der Waals surface area contributed by atoms with E-state index in [2.05, 4.69) is 10.9 Å². The molecule has 9 heteroatoms. The summed E-state index contributed by atoms with van der Waals surface area (Å²) in [6, 6.07) is 13.6. The Hall–Kier alpha value is -3.22. The minimum absolute atomic E-state index is 0.0467. The molecule has 1 saturated heterocycles. The van der Waals surface area contributed by atoms with Crippen LogP contribution >= 0.6 is 0 Å². The van der Waals surface area contributed by atoms with Gasteiger partial charge in [0.05, 0.1) is 16.5 Å². The average Bonchev–Trinajstić information content (AvgIpc) is 2.78. The number of hydrogen-bond donors (Lipinski definition) is 2. The van der Waals surface area contributed by atoms with Crippen LogP contribution in [0, 0.1) is 11.3 Å². The molecule has 0 aromatic heterocycles. The van der Waals surface area contributed by atoms with Crippen LogP contribution in [-0.2, 0) is 10.0 Å². The number of carbonyl (C=O) groups excluding carboxylic acids is 2. The summed E-state index contributed by atoms with van der Waals surface area (Å²) >= 11 is 0. The highest BCUT2D eigenvalue weighted by Gasteiger charge is 2.26. The fraction of sp³-hybridized carbons (Fsp3) is 0.250. The molecule has 0 saturated carbocycles. The van der Waals surface area contributed by atoms with E-state index < -0.39 is 21.8 Å². The zero-order valence-corrected chi connectivity index (χ0v) is 16.4. The van der Waals surface area contributed by atoms with E-state index in [0.717, 1.165) is 19.3 Å². The van der Waals surface area contributed by atoms with E-state index in [1.807, 2.05) is 6.07 Å². The minimum atomic E-state index is -3.66. The second kappa shape index (κ2) is 8.86. The molecule has 0 atom stereocenters. The summed E-state index contributed by atoms with van der Waals surface area (Å²) in [5.41, 5.74) is 5.34. The summed E-state index contributed by atoms with van der Waals surface area (Å²) in [6.07, 6.45) is 2.65. The van der Waals surface area contributed by atoms with Gasteiger partial charge in [0.2, 0.25) is 10.0 Å². The number of benzene rings is 2. The maximum atomic E-state index is 12.8. The van der Waals surface area contributed by atoms with Crippen LogP contribution in [0.2, 0.25) is 0 Å². The lowest BCUT2D eigenvalue weighted by molar-refractivity contribution is 0.0846. The van der Waals surface area contributed by atoms with Crippen molar-refractivity contribution < 1.29 is 18.0 Å². The molecule has 8 nitrogen and oxygen atoms in total. The Morgan fingerprint density at radius 1 is 0.897 bits per heavy atom. The van der Waals surface area contributed by atoms with Crippen LogP contribution in [0.25, 0.3) is 0 Å². The Balaban J connectivity index is 1.67. The van der Waals surface area contributed by atoms with Gasteiger partial charge in [-0.2, -0.15) is 9.57 Å². The van der Waals surface area contributed by atoms with Gasteiger partial charge in [0.15, 0.2) is 0 Å². The second-order valence-electron chi connectivity index (χ2n) is 6.59. The third kappa shape index (κ3) is 4.80. The summed E-state index contributed by atoms with van der Waals surface area (Å²) in [4.78, 5) is 24.5. The largest absolute Gasteiger partial charge is 0.269 e. The maximum Gasteiger partial charge on any atom is 0.269 e. The molecule has 0 bridgehead atoms. The molecule has 0 aliphatic carbocycles. The molecule has 3 rings (SSSR count). The van der Waals surface area contributed by atoms with E-state index in [9.17, 15) is 18.0 Å². The quantitative estimate of drug-likeness (QED) is 0.742. The van der Waals surface area contributed by atoms with Gasteiger partial charge in [-0.25, -0.2) is 8.42 Å². The molecule has 0 spiro atoms. The molecule has 1 heterocycles. The highest BCUT2D eigenvalue weighted by Crippen LogP contribution is 2.21. The summed E-state index contributed by atoms with van der Waals surface area (Å²) in [7, 11) is -3.66. The Labute approximate surface area is 169 Å². The number of nitrogens with zero attached hydrogens (tertiary/aromatic N) is 2. The fourth-order valence-electron chi connectivity index (χ4n) is 3.01. The first-order valence-corrected chi connectivity index (χ1v) is 10.6. The number of nitriles is 1. The summed E-state index contributed by atoms with van der Waals surface area (Å²) in [5.74, 6) is -1.19. The van der Waals surface area contributed by atoms with E-state index in [-0.39, 0.29) is 16.0 Å². The molecule has 1 aliphatic rings. The fourth-order valence-corrected chi connectivity index (χ4v) is 4.57. The number of hydrogen-bond acceptors (Lipinski definition) is 5. The summed E-state index contributed by atoms with van der Waals surface area (Å²) in [6.45, 7) is 0.943. The van der Waals surface area contributed by atoms with Crippen molar-refractivity contribution in [1.82, 2.24) is 15.2 Å². The smallest absolute Gasteiger partial charge is 0.267 e. The van der Waals surface area contributed by atoms with Gasteiger partial charge in [-0.15, -0.1) is 0 Å². The number of sulfonamides is 1. The van der Waals surface area contributed by atoms with E-state index >= 15 is 0 Å². The SMILES string of the molecule is N#Cc1ccc(C(=O)NNC(=O)c2cccc(S(=O)(=O)N3CCCCC3)c2)cc1. The molecular formula is C20H20N4O4S. The third-order valence-corrected chi connectivity index (χ3v) is 6.51. The number of piperidine rings is 1. The van der Waals surface area contributed by atoms with E-state index in [0.29, 0.717) is 18.7 Å². The average molecular weight is 412 g/mol. The molecule has 0 radical (unpaired) electrons. The van der Waals surface area contributed by atoms with Crippen LogP contribution in [0.5, 0.6) is 0 Å². The lowest BCUT2D eigenvalue weighted by Crippen LogP contribution is -2.41. The van der Waals surface area contributed by atoms with Gasteiger partial charge >= 0.3 is 0 Å². The van der Waals surface area contributed by atoms with Crippen molar-refractivity contribution in [3.63, 3.8) is 0 Å². The summed E-state index contributed by atoms with van der Waals surface area (Å²) < 4.78 is 27.0. The molecule has 0 unspecified atom stereocenters. The first-order valence-electron chi connectivity index (χ1n) is 9.13. The normalized spacial score (nSPS) is 14.6. The molecule has 1 aliphatic heterocycles. The van der Waals surface area contributed by atoms with Crippen molar-refractivity contribution in [2.75, 3.05) is 13.1 Å². The molecule has 2 N–H and O–H groups in total. The van der Waals surface area contributed by atoms with Gasteiger partial charge < -0.3 is 0 Å². The zero-order valence-electron chi connectivity index (χ0n) is 15.6. The van der Waals surface area contributed by atoms with Crippen LogP contribution in [0.3, 0.4) is 0 Å². The molecule has 29 heavy (non-hydrogen) atoms. The van der Waals surface area contributed by atoms with Crippen molar-refractivity contribution >= 4 is 21.8 Å². The Bertz CT molecular complexity index is 1050. The van der Waals surface area contributed by atoms with Crippen molar-refractivity contribution in [3.05, 3.63) is 65.2 Å². The first kappa shape index (κ1) is 20.5. The van der Waals surface area contributed by atoms with Crippen molar-refractivity contribution in [3.8, 4) is 6.07 Å². The molecule has 2 aromatic carbocycles. The molecule has 150 valence electrons. The lowest BCUT2D eigenvalue weighted by atomic mass is 10.1. The Morgan fingerprint density at radius 3 is 2.14 bits per heavy atom. The van der Waals surface area contributed by atoms with Gasteiger partial charge in [0.1, 0.15) is 0 Å². The molecule has 2 amide bonds. The van der Waals surface area contributed by atoms with Gasteiger partial charge in [0, 0.05) is 24.2 Å². The lowest BCUT2D eigenvalue weighted by Gasteiger charge is -2.26. The monoisotopic (exact) mass is 412 g/mol. The Morgan fingerprint density at radius 2 is 1.52 bits per heavy atom.